The molecule has 0 aliphatic rings. The molecule has 0 saturated carbocycles. The summed E-state index contributed by atoms with van der Waals surface area (Å²) < 4.78 is 0. The minimum Gasteiger partial charge on any atom is -0.379 e. The summed E-state index contributed by atoms with van der Waals surface area (Å²) in [6.07, 6.45) is 1.92. The zero-order valence-corrected chi connectivity index (χ0v) is 13.3. The average Bonchev–Trinajstić information content (AvgIpc) is 2.53. The Balaban J connectivity index is 2.04. The fourth-order valence-electron chi connectivity index (χ4n) is 2.31. The van der Waals surface area contributed by atoms with Crippen LogP contribution in [0.1, 0.15) is 30.7 Å². The SMILES string of the molecule is CCN(CC)Cc1ccccc1NCc1ccc(C)cn1. The Kier molecular flexibility index (Phi) is 5.76. The van der Waals surface area contributed by atoms with E-state index >= 15 is 0 Å². The third-order valence-corrected chi connectivity index (χ3v) is 3.74. The normalized spacial score (nSPS) is 10.9. The van der Waals surface area contributed by atoms with Crippen LogP contribution in [0.5, 0.6) is 0 Å². The van der Waals surface area contributed by atoms with Crippen molar-refractivity contribution in [1.82, 2.24) is 9.88 Å². The van der Waals surface area contributed by atoms with E-state index < -0.39 is 0 Å². The van der Waals surface area contributed by atoms with Gasteiger partial charge in [-0.05, 0) is 43.3 Å². The Labute approximate surface area is 128 Å². The van der Waals surface area contributed by atoms with Crippen molar-refractivity contribution in [2.45, 2.75) is 33.9 Å². The van der Waals surface area contributed by atoms with Crippen LogP contribution in [0, 0.1) is 6.92 Å². The van der Waals surface area contributed by atoms with Gasteiger partial charge in [-0.15, -0.1) is 0 Å². The molecule has 2 aromatic rings. The zero-order chi connectivity index (χ0) is 15.1. The van der Waals surface area contributed by atoms with Crippen LogP contribution in [0.2, 0.25) is 0 Å². The number of para-hydroxylation sites is 1. The van der Waals surface area contributed by atoms with Crippen LogP contribution in [0.25, 0.3) is 0 Å². The van der Waals surface area contributed by atoms with Crippen molar-refractivity contribution in [3.8, 4) is 0 Å². The molecular formula is C18H25N3. The van der Waals surface area contributed by atoms with E-state index in [1.54, 1.807) is 0 Å². The number of hydrogen-bond acceptors (Lipinski definition) is 3. The van der Waals surface area contributed by atoms with Crippen molar-refractivity contribution in [2.75, 3.05) is 18.4 Å². The fraction of sp³-hybridized carbons (Fsp3) is 0.389. The third-order valence-electron chi connectivity index (χ3n) is 3.74. The zero-order valence-electron chi connectivity index (χ0n) is 13.3. The van der Waals surface area contributed by atoms with E-state index in [2.05, 4.69) is 72.4 Å². The maximum atomic E-state index is 4.44. The molecule has 0 atom stereocenters. The number of benzene rings is 1. The molecule has 0 fully saturated rings. The highest BCUT2D eigenvalue weighted by molar-refractivity contribution is 5.51. The number of rotatable bonds is 7. The van der Waals surface area contributed by atoms with Crippen molar-refractivity contribution in [2.24, 2.45) is 0 Å². The Morgan fingerprint density at radius 2 is 1.81 bits per heavy atom. The van der Waals surface area contributed by atoms with Crippen molar-refractivity contribution in [3.63, 3.8) is 0 Å². The lowest BCUT2D eigenvalue weighted by Gasteiger charge is -2.20. The van der Waals surface area contributed by atoms with Crippen LogP contribution in [0.3, 0.4) is 0 Å². The molecule has 1 heterocycles. The van der Waals surface area contributed by atoms with Gasteiger partial charge in [0.1, 0.15) is 0 Å². The second-order valence-corrected chi connectivity index (χ2v) is 5.30. The molecule has 0 saturated heterocycles. The first-order chi connectivity index (χ1) is 10.2. The lowest BCUT2D eigenvalue weighted by atomic mass is 10.1. The van der Waals surface area contributed by atoms with Gasteiger partial charge in [-0.2, -0.15) is 0 Å². The van der Waals surface area contributed by atoms with Gasteiger partial charge in [0.25, 0.3) is 0 Å². The molecule has 0 bridgehead atoms. The molecule has 1 N–H and O–H groups in total. The molecule has 1 aromatic carbocycles. The number of nitrogens with zero attached hydrogens (tertiary/aromatic N) is 2. The molecule has 0 amide bonds. The second kappa shape index (κ2) is 7.79. The van der Waals surface area contributed by atoms with Crippen LogP contribution in [0.15, 0.2) is 42.6 Å². The molecule has 0 radical (unpaired) electrons. The predicted molar refractivity (Wildman–Crippen MR) is 89.4 cm³/mol. The number of aromatic nitrogens is 1. The van der Waals surface area contributed by atoms with Crippen LogP contribution >= 0.6 is 0 Å². The number of nitrogens with one attached hydrogen (secondary N) is 1. The van der Waals surface area contributed by atoms with Gasteiger partial charge in [-0.3, -0.25) is 9.88 Å². The quantitative estimate of drug-likeness (QED) is 0.836. The maximum absolute atomic E-state index is 4.44. The topological polar surface area (TPSA) is 28.2 Å². The summed E-state index contributed by atoms with van der Waals surface area (Å²) in [6, 6.07) is 12.7. The summed E-state index contributed by atoms with van der Waals surface area (Å²) in [5, 5.41) is 3.51. The molecule has 112 valence electrons. The fourth-order valence-corrected chi connectivity index (χ4v) is 2.31. The van der Waals surface area contributed by atoms with Crippen LogP contribution in [-0.2, 0) is 13.1 Å². The van der Waals surface area contributed by atoms with Gasteiger partial charge in [-0.1, -0.05) is 38.1 Å². The molecule has 2 rings (SSSR count). The van der Waals surface area contributed by atoms with E-state index in [1.165, 1.54) is 16.8 Å². The highest BCUT2D eigenvalue weighted by Gasteiger charge is 2.06. The monoisotopic (exact) mass is 283 g/mol. The van der Waals surface area contributed by atoms with Crippen LogP contribution in [0.4, 0.5) is 5.69 Å². The Morgan fingerprint density at radius 1 is 1.05 bits per heavy atom. The van der Waals surface area contributed by atoms with Crippen molar-refractivity contribution in [3.05, 3.63) is 59.4 Å². The van der Waals surface area contributed by atoms with E-state index in [-0.39, 0.29) is 0 Å². The summed E-state index contributed by atoms with van der Waals surface area (Å²) in [6.45, 7) is 10.4. The van der Waals surface area contributed by atoms with Gasteiger partial charge >= 0.3 is 0 Å². The summed E-state index contributed by atoms with van der Waals surface area (Å²) in [4.78, 5) is 6.86. The van der Waals surface area contributed by atoms with Gasteiger partial charge in [0.2, 0.25) is 0 Å². The highest BCUT2D eigenvalue weighted by atomic mass is 15.1. The van der Waals surface area contributed by atoms with E-state index in [0.29, 0.717) is 0 Å². The first-order valence-electron chi connectivity index (χ1n) is 7.68. The van der Waals surface area contributed by atoms with Crippen molar-refractivity contribution < 1.29 is 0 Å². The summed E-state index contributed by atoms with van der Waals surface area (Å²) in [5.41, 5.74) is 4.80. The largest absolute Gasteiger partial charge is 0.379 e. The Hall–Kier alpha value is -1.87. The van der Waals surface area contributed by atoms with Gasteiger partial charge < -0.3 is 5.32 Å². The molecular weight excluding hydrogens is 258 g/mol. The van der Waals surface area contributed by atoms with Crippen LogP contribution in [-0.4, -0.2) is 23.0 Å². The molecule has 0 unspecified atom stereocenters. The Morgan fingerprint density at radius 3 is 2.48 bits per heavy atom. The minimum atomic E-state index is 0.759. The summed E-state index contributed by atoms with van der Waals surface area (Å²) in [5.74, 6) is 0. The van der Waals surface area contributed by atoms with Gasteiger partial charge in [-0.25, -0.2) is 0 Å². The van der Waals surface area contributed by atoms with Crippen molar-refractivity contribution >= 4 is 5.69 Å². The van der Waals surface area contributed by atoms with Crippen LogP contribution < -0.4 is 5.32 Å². The maximum Gasteiger partial charge on any atom is 0.0594 e. The van der Waals surface area contributed by atoms with E-state index in [1.807, 2.05) is 6.20 Å². The first-order valence-corrected chi connectivity index (χ1v) is 7.68. The minimum absolute atomic E-state index is 0.759. The number of pyridine rings is 1. The molecule has 21 heavy (non-hydrogen) atoms. The van der Waals surface area contributed by atoms with E-state index in [9.17, 15) is 0 Å². The van der Waals surface area contributed by atoms with Crippen molar-refractivity contribution in [1.29, 1.82) is 0 Å². The third kappa shape index (κ3) is 4.57. The molecule has 3 heteroatoms. The molecule has 0 aliphatic carbocycles. The van der Waals surface area contributed by atoms with Gasteiger partial charge in [0.15, 0.2) is 0 Å². The Bertz CT molecular complexity index is 545. The lowest BCUT2D eigenvalue weighted by Crippen LogP contribution is -2.22. The van der Waals surface area contributed by atoms with E-state index in [0.717, 1.165) is 31.9 Å². The molecule has 0 spiro atoms. The lowest BCUT2D eigenvalue weighted by molar-refractivity contribution is 0.296. The predicted octanol–water partition coefficient (Wildman–Crippen LogP) is 3.84. The smallest absolute Gasteiger partial charge is 0.0594 e. The first kappa shape index (κ1) is 15.5. The second-order valence-electron chi connectivity index (χ2n) is 5.30. The molecule has 0 aliphatic heterocycles. The molecule has 3 nitrogen and oxygen atoms in total. The van der Waals surface area contributed by atoms with Gasteiger partial charge in [0.05, 0.1) is 12.2 Å². The molecule has 1 aromatic heterocycles. The standard InChI is InChI=1S/C18H25N3/c1-4-21(5-2)14-16-8-6-7-9-18(16)20-13-17-11-10-15(3)12-19-17/h6-12,20H,4-5,13-14H2,1-3H3. The summed E-state index contributed by atoms with van der Waals surface area (Å²) >= 11 is 0. The number of hydrogen-bond donors (Lipinski definition) is 1. The summed E-state index contributed by atoms with van der Waals surface area (Å²) in [7, 11) is 0. The van der Waals surface area contributed by atoms with E-state index in [4.69, 9.17) is 0 Å². The number of aryl methyl sites for hydroxylation is 1. The number of anilines is 1. The highest BCUT2D eigenvalue weighted by Crippen LogP contribution is 2.18. The van der Waals surface area contributed by atoms with Gasteiger partial charge in [0, 0.05) is 18.4 Å². The average molecular weight is 283 g/mol.